The maximum absolute atomic E-state index is 14.0. The fourth-order valence-electron chi connectivity index (χ4n) is 4.68. The number of fused-ring (bicyclic) bond motifs is 1. The first-order valence-electron chi connectivity index (χ1n) is 11.5. The molecule has 1 aliphatic rings. The first-order chi connectivity index (χ1) is 16.1. The van der Waals surface area contributed by atoms with E-state index in [0.29, 0.717) is 18.8 Å². The average molecular weight is 437 g/mol. The van der Waals surface area contributed by atoms with Crippen LogP contribution in [0.1, 0.15) is 50.6 Å². The predicted octanol–water partition coefficient (Wildman–Crippen LogP) is 5.22. The summed E-state index contributed by atoms with van der Waals surface area (Å²) in [6.45, 7) is 5.12. The molecule has 0 radical (unpaired) electrons. The normalized spacial score (nSPS) is 12.5. The number of nitrogens with zero attached hydrogens (tertiary/aromatic N) is 4. The third-order valence-electron chi connectivity index (χ3n) is 6.30. The molecule has 0 saturated heterocycles. The molecule has 0 aliphatic heterocycles. The number of hydrogen-bond donors (Lipinski definition) is 0. The summed E-state index contributed by atoms with van der Waals surface area (Å²) < 4.78 is 2.00. The van der Waals surface area contributed by atoms with Crippen molar-refractivity contribution in [3.05, 3.63) is 112 Å². The van der Waals surface area contributed by atoms with Gasteiger partial charge in [-0.15, -0.1) is 0 Å². The zero-order valence-corrected chi connectivity index (χ0v) is 19.2. The van der Waals surface area contributed by atoms with Crippen molar-refractivity contribution in [2.75, 3.05) is 0 Å². The topological polar surface area (TPSA) is 51.0 Å². The van der Waals surface area contributed by atoms with Gasteiger partial charge in [0.15, 0.2) is 5.69 Å². The Hall–Kier alpha value is -3.73. The zero-order valence-electron chi connectivity index (χ0n) is 19.2. The van der Waals surface area contributed by atoms with Gasteiger partial charge in [-0.1, -0.05) is 54.1 Å². The van der Waals surface area contributed by atoms with Crippen molar-refractivity contribution in [2.24, 2.45) is 0 Å². The number of para-hydroxylation sites is 1. The fourth-order valence-corrected chi connectivity index (χ4v) is 4.68. The van der Waals surface area contributed by atoms with Gasteiger partial charge in [0.05, 0.1) is 17.9 Å². The molecule has 166 valence electrons. The molecule has 5 heteroatoms. The van der Waals surface area contributed by atoms with E-state index >= 15 is 0 Å². The SMILES string of the molecule is Cc1cccc(CN(Cc2ccccn2)C(=O)c2nn(-c3ccccc3C)c3c2CCC3)c1. The Morgan fingerprint density at radius 2 is 1.82 bits per heavy atom. The summed E-state index contributed by atoms with van der Waals surface area (Å²) >= 11 is 0. The lowest BCUT2D eigenvalue weighted by atomic mass is 10.1. The summed E-state index contributed by atoms with van der Waals surface area (Å²) in [5, 5.41) is 4.89. The van der Waals surface area contributed by atoms with Crippen LogP contribution in [0, 0.1) is 13.8 Å². The predicted molar refractivity (Wildman–Crippen MR) is 129 cm³/mol. The second-order valence-electron chi connectivity index (χ2n) is 8.80. The number of carbonyl (C=O) groups excluding carboxylic acids is 1. The van der Waals surface area contributed by atoms with Crippen molar-refractivity contribution in [3.63, 3.8) is 0 Å². The molecule has 0 N–H and O–H groups in total. The van der Waals surface area contributed by atoms with E-state index in [9.17, 15) is 4.79 Å². The van der Waals surface area contributed by atoms with Crippen molar-refractivity contribution in [2.45, 2.75) is 46.2 Å². The van der Waals surface area contributed by atoms with Gasteiger partial charge in [0.2, 0.25) is 0 Å². The number of pyridine rings is 1. The van der Waals surface area contributed by atoms with Gasteiger partial charge < -0.3 is 4.90 Å². The molecule has 2 aromatic carbocycles. The Labute approximate surface area is 194 Å². The zero-order chi connectivity index (χ0) is 22.8. The number of aryl methyl sites for hydroxylation is 2. The lowest BCUT2D eigenvalue weighted by Gasteiger charge is -2.22. The first kappa shape index (κ1) is 21.1. The van der Waals surface area contributed by atoms with E-state index in [4.69, 9.17) is 5.10 Å². The van der Waals surface area contributed by atoms with E-state index in [1.165, 1.54) is 11.3 Å². The molecule has 1 amide bonds. The number of aromatic nitrogens is 3. The van der Waals surface area contributed by atoms with Crippen molar-refractivity contribution in [1.29, 1.82) is 0 Å². The summed E-state index contributed by atoms with van der Waals surface area (Å²) in [5.74, 6) is -0.0346. The molecule has 1 aliphatic carbocycles. The monoisotopic (exact) mass is 436 g/mol. The van der Waals surface area contributed by atoms with Crippen LogP contribution < -0.4 is 0 Å². The van der Waals surface area contributed by atoms with Gasteiger partial charge in [-0.25, -0.2) is 4.68 Å². The molecule has 4 aromatic rings. The van der Waals surface area contributed by atoms with Crippen LogP contribution in [0.25, 0.3) is 5.69 Å². The minimum absolute atomic E-state index is 0.0346. The largest absolute Gasteiger partial charge is 0.327 e. The van der Waals surface area contributed by atoms with E-state index in [1.807, 2.05) is 46.0 Å². The van der Waals surface area contributed by atoms with Crippen LogP contribution in [-0.2, 0) is 25.9 Å². The molecule has 33 heavy (non-hydrogen) atoms. The Morgan fingerprint density at radius 3 is 2.61 bits per heavy atom. The van der Waals surface area contributed by atoms with E-state index < -0.39 is 0 Å². The molecule has 2 heterocycles. The van der Waals surface area contributed by atoms with Crippen molar-refractivity contribution >= 4 is 5.91 Å². The molecule has 0 spiro atoms. The molecule has 5 rings (SSSR count). The first-order valence-corrected chi connectivity index (χ1v) is 11.5. The van der Waals surface area contributed by atoms with Gasteiger partial charge in [0.25, 0.3) is 5.91 Å². The van der Waals surface area contributed by atoms with E-state index in [0.717, 1.165) is 47.3 Å². The smallest absolute Gasteiger partial charge is 0.275 e. The highest BCUT2D eigenvalue weighted by Crippen LogP contribution is 2.30. The number of benzene rings is 2. The van der Waals surface area contributed by atoms with Gasteiger partial charge in [0.1, 0.15) is 0 Å². The van der Waals surface area contributed by atoms with Crippen molar-refractivity contribution in [1.82, 2.24) is 19.7 Å². The quantitative estimate of drug-likeness (QED) is 0.417. The van der Waals surface area contributed by atoms with Crippen LogP contribution in [-0.4, -0.2) is 25.6 Å². The second-order valence-corrected chi connectivity index (χ2v) is 8.80. The van der Waals surface area contributed by atoms with Crippen LogP contribution in [0.2, 0.25) is 0 Å². The maximum Gasteiger partial charge on any atom is 0.275 e. The highest BCUT2D eigenvalue weighted by molar-refractivity contribution is 5.94. The van der Waals surface area contributed by atoms with Gasteiger partial charge in [0, 0.05) is 24.0 Å². The summed E-state index contributed by atoms with van der Waals surface area (Å²) in [7, 11) is 0. The molecule has 0 bridgehead atoms. The number of amides is 1. The minimum Gasteiger partial charge on any atom is -0.327 e. The summed E-state index contributed by atoms with van der Waals surface area (Å²) in [5.41, 5.74) is 8.20. The van der Waals surface area contributed by atoms with Gasteiger partial charge in [-0.05, 0) is 62.4 Å². The molecule has 0 unspecified atom stereocenters. The minimum atomic E-state index is -0.0346. The van der Waals surface area contributed by atoms with Crippen LogP contribution in [0.4, 0.5) is 0 Å². The molecule has 2 aromatic heterocycles. The molecule has 0 saturated carbocycles. The summed E-state index contributed by atoms with van der Waals surface area (Å²) in [4.78, 5) is 20.3. The van der Waals surface area contributed by atoms with Crippen LogP contribution in [0.5, 0.6) is 0 Å². The van der Waals surface area contributed by atoms with Crippen molar-refractivity contribution < 1.29 is 4.79 Å². The molecular formula is C28H28N4O. The Morgan fingerprint density at radius 1 is 0.970 bits per heavy atom. The van der Waals surface area contributed by atoms with E-state index in [2.05, 4.69) is 49.2 Å². The maximum atomic E-state index is 14.0. The second kappa shape index (κ2) is 9.02. The van der Waals surface area contributed by atoms with Crippen LogP contribution >= 0.6 is 0 Å². The third-order valence-corrected chi connectivity index (χ3v) is 6.30. The average Bonchev–Trinajstić information content (AvgIpc) is 3.43. The lowest BCUT2D eigenvalue weighted by Crippen LogP contribution is -2.31. The fraction of sp³-hybridized carbons (Fsp3) is 0.250. The summed E-state index contributed by atoms with van der Waals surface area (Å²) in [6, 6.07) is 22.4. The third kappa shape index (κ3) is 4.31. The molecule has 0 fully saturated rings. The van der Waals surface area contributed by atoms with Gasteiger partial charge in [-0.2, -0.15) is 5.10 Å². The van der Waals surface area contributed by atoms with E-state index in [1.54, 1.807) is 6.20 Å². The van der Waals surface area contributed by atoms with Crippen molar-refractivity contribution in [3.8, 4) is 5.69 Å². The Balaban J connectivity index is 1.54. The van der Waals surface area contributed by atoms with E-state index in [-0.39, 0.29) is 5.91 Å². The van der Waals surface area contributed by atoms with Gasteiger partial charge >= 0.3 is 0 Å². The Kier molecular flexibility index (Phi) is 5.78. The molecule has 5 nitrogen and oxygen atoms in total. The molecular weight excluding hydrogens is 408 g/mol. The summed E-state index contributed by atoms with van der Waals surface area (Å²) in [6.07, 6.45) is 4.67. The van der Waals surface area contributed by atoms with Crippen LogP contribution in [0.3, 0.4) is 0 Å². The van der Waals surface area contributed by atoms with Gasteiger partial charge in [-0.3, -0.25) is 9.78 Å². The standard InChI is InChI=1S/C28H28N4O/c1-20-9-7-11-22(17-20)18-31(19-23-12-5-6-16-29-23)28(33)27-24-13-8-15-26(24)32(30-27)25-14-4-3-10-21(25)2/h3-7,9-12,14,16-17H,8,13,15,18-19H2,1-2H3. The lowest BCUT2D eigenvalue weighted by molar-refractivity contribution is 0.0720. The number of rotatable bonds is 6. The van der Waals surface area contributed by atoms with Crippen LogP contribution in [0.15, 0.2) is 72.9 Å². The Bertz CT molecular complexity index is 1290. The molecule has 0 atom stereocenters. The number of hydrogen-bond acceptors (Lipinski definition) is 3. The number of carbonyl (C=O) groups is 1. The highest BCUT2D eigenvalue weighted by atomic mass is 16.2. The highest BCUT2D eigenvalue weighted by Gasteiger charge is 2.30.